The lowest BCUT2D eigenvalue weighted by Gasteiger charge is -2.32. The number of carbonyl (C=O) groups is 2. The van der Waals surface area contributed by atoms with Crippen molar-refractivity contribution in [3.05, 3.63) is 35.9 Å². The van der Waals surface area contributed by atoms with Gasteiger partial charge in [0, 0.05) is 38.1 Å². The molecule has 0 spiro atoms. The lowest BCUT2D eigenvalue weighted by atomic mass is 9.96. The Morgan fingerprint density at radius 3 is 2.41 bits per heavy atom. The summed E-state index contributed by atoms with van der Waals surface area (Å²) in [4.78, 5) is 28.6. The van der Waals surface area contributed by atoms with Crippen molar-refractivity contribution in [1.29, 1.82) is 0 Å². The molecule has 2 N–H and O–H groups in total. The minimum Gasteiger partial charge on any atom is -0.356 e. The van der Waals surface area contributed by atoms with Gasteiger partial charge in [0.05, 0.1) is 0 Å². The molecule has 0 saturated carbocycles. The van der Waals surface area contributed by atoms with Crippen LogP contribution in [0.4, 0.5) is 4.79 Å². The van der Waals surface area contributed by atoms with E-state index in [2.05, 4.69) is 27.7 Å². The van der Waals surface area contributed by atoms with E-state index in [4.69, 9.17) is 0 Å². The van der Waals surface area contributed by atoms with E-state index in [1.165, 1.54) is 5.56 Å². The van der Waals surface area contributed by atoms with Gasteiger partial charge in [0.1, 0.15) is 0 Å². The van der Waals surface area contributed by atoms with Gasteiger partial charge in [-0.05, 0) is 45.3 Å². The number of carbonyl (C=O) groups excluding carboxylic acids is 2. The molecule has 150 valence electrons. The van der Waals surface area contributed by atoms with Crippen molar-refractivity contribution in [3.8, 4) is 0 Å². The highest BCUT2D eigenvalue weighted by atomic mass is 16.2. The third-order valence-corrected chi connectivity index (χ3v) is 5.24. The van der Waals surface area contributed by atoms with Gasteiger partial charge in [-0.15, -0.1) is 0 Å². The third kappa shape index (κ3) is 6.86. The number of nitrogens with one attached hydrogen (secondary N) is 2. The van der Waals surface area contributed by atoms with Crippen LogP contribution in [0.5, 0.6) is 0 Å². The summed E-state index contributed by atoms with van der Waals surface area (Å²) in [6.45, 7) is 4.67. The molecule has 1 aliphatic rings. The lowest BCUT2D eigenvalue weighted by Crippen LogP contribution is -2.50. The van der Waals surface area contributed by atoms with Crippen molar-refractivity contribution in [2.45, 2.75) is 38.6 Å². The fourth-order valence-electron chi connectivity index (χ4n) is 3.38. The first-order chi connectivity index (χ1) is 13.0. The predicted octanol–water partition coefficient (Wildman–Crippen LogP) is 2.11. The van der Waals surface area contributed by atoms with Gasteiger partial charge in [0.15, 0.2) is 0 Å². The number of piperidine rings is 1. The van der Waals surface area contributed by atoms with Crippen molar-refractivity contribution in [1.82, 2.24) is 20.4 Å². The zero-order chi connectivity index (χ0) is 19.6. The van der Waals surface area contributed by atoms with E-state index in [0.29, 0.717) is 19.6 Å². The molecule has 2 rings (SSSR count). The van der Waals surface area contributed by atoms with Crippen LogP contribution in [-0.2, 0) is 11.2 Å². The maximum Gasteiger partial charge on any atom is 0.317 e. The van der Waals surface area contributed by atoms with Crippen LogP contribution < -0.4 is 10.6 Å². The van der Waals surface area contributed by atoms with Crippen molar-refractivity contribution < 1.29 is 9.59 Å². The van der Waals surface area contributed by atoms with Crippen LogP contribution in [0.3, 0.4) is 0 Å². The van der Waals surface area contributed by atoms with Crippen molar-refractivity contribution >= 4 is 11.9 Å². The molecule has 1 heterocycles. The minimum atomic E-state index is -0.0256. The summed E-state index contributed by atoms with van der Waals surface area (Å²) in [6.07, 6.45) is 3.32. The van der Waals surface area contributed by atoms with Crippen LogP contribution in [0.15, 0.2) is 30.3 Å². The monoisotopic (exact) mass is 374 g/mol. The van der Waals surface area contributed by atoms with Crippen molar-refractivity contribution in [2.75, 3.05) is 40.3 Å². The van der Waals surface area contributed by atoms with Gasteiger partial charge in [0.25, 0.3) is 0 Å². The highest BCUT2D eigenvalue weighted by molar-refractivity contribution is 5.79. The maximum absolute atomic E-state index is 12.5. The summed E-state index contributed by atoms with van der Waals surface area (Å²) in [5.74, 6) is 0.167. The summed E-state index contributed by atoms with van der Waals surface area (Å²) in [5, 5.41) is 6.04. The summed E-state index contributed by atoms with van der Waals surface area (Å²) < 4.78 is 0. The predicted molar refractivity (Wildman–Crippen MR) is 109 cm³/mol. The zero-order valence-electron chi connectivity index (χ0n) is 16.9. The van der Waals surface area contributed by atoms with Gasteiger partial charge < -0.3 is 20.4 Å². The molecule has 0 aliphatic carbocycles. The number of rotatable bonds is 8. The molecule has 3 amide bonds. The smallest absolute Gasteiger partial charge is 0.317 e. The molecular weight excluding hydrogens is 340 g/mol. The van der Waals surface area contributed by atoms with E-state index in [1.807, 2.05) is 44.1 Å². The van der Waals surface area contributed by atoms with Crippen LogP contribution in [0.2, 0.25) is 0 Å². The molecule has 1 aromatic rings. The first kappa shape index (κ1) is 21.2. The molecule has 1 aliphatic heterocycles. The van der Waals surface area contributed by atoms with E-state index < -0.39 is 0 Å². The number of likely N-dealkylation sites (tertiary alicyclic amines) is 1. The third-order valence-electron chi connectivity index (χ3n) is 5.24. The Hall–Kier alpha value is -2.08. The topological polar surface area (TPSA) is 64.7 Å². The van der Waals surface area contributed by atoms with E-state index in [-0.39, 0.29) is 23.9 Å². The molecule has 1 atom stereocenters. The molecule has 6 nitrogen and oxygen atoms in total. The fraction of sp³-hybridized carbons (Fsp3) is 0.619. The molecular formula is C21H34N4O2. The summed E-state index contributed by atoms with van der Waals surface area (Å²) in [6, 6.07) is 10.6. The number of amides is 3. The van der Waals surface area contributed by atoms with E-state index in [0.717, 1.165) is 32.2 Å². The van der Waals surface area contributed by atoms with Crippen LogP contribution in [0, 0.1) is 5.92 Å². The maximum atomic E-state index is 12.5. The Labute approximate surface area is 163 Å². The first-order valence-electron chi connectivity index (χ1n) is 10.0. The second-order valence-corrected chi connectivity index (χ2v) is 7.55. The Kier molecular flexibility index (Phi) is 8.58. The number of hydrogen-bond acceptors (Lipinski definition) is 3. The Balaban J connectivity index is 1.77. The zero-order valence-corrected chi connectivity index (χ0v) is 16.9. The van der Waals surface area contributed by atoms with Gasteiger partial charge in [0.2, 0.25) is 5.91 Å². The summed E-state index contributed by atoms with van der Waals surface area (Å²) in [7, 11) is 4.08. The highest BCUT2D eigenvalue weighted by Gasteiger charge is 2.27. The highest BCUT2D eigenvalue weighted by Crippen LogP contribution is 2.17. The number of urea groups is 1. The quantitative estimate of drug-likeness (QED) is 0.732. The second-order valence-electron chi connectivity index (χ2n) is 7.55. The normalized spacial score (nSPS) is 16.2. The molecule has 1 unspecified atom stereocenters. The molecule has 1 aromatic carbocycles. The van der Waals surface area contributed by atoms with Gasteiger partial charge in [-0.25, -0.2) is 4.79 Å². The summed E-state index contributed by atoms with van der Waals surface area (Å²) in [5.41, 5.74) is 1.27. The Bertz CT molecular complexity index is 583. The first-order valence-corrected chi connectivity index (χ1v) is 10.0. The van der Waals surface area contributed by atoms with E-state index in [1.54, 1.807) is 0 Å². The molecule has 27 heavy (non-hydrogen) atoms. The molecule has 6 heteroatoms. The van der Waals surface area contributed by atoms with Gasteiger partial charge in [-0.2, -0.15) is 0 Å². The largest absolute Gasteiger partial charge is 0.356 e. The van der Waals surface area contributed by atoms with Crippen LogP contribution in [0.25, 0.3) is 0 Å². The fourth-order valence-corrected chi connectivity index (χ4v) is 3.38. The van der Waals surface area contributed by atoms with E-state index in [9.17, 15) is 9.59 Å². The van der Waals surface area contributed by atoms with Crippen LogP contribution in [0.1, 0.15) is 31.7 Å². The average Bonchev–Trinajstić information content (AvgIpc) is 2.69. The average molecular weight is 375 g/mol. The number of benzene rings is 1. The molecule has 1 fully saturated rings. The van der Waals surface area contributed by atoms with Crippen LogP contribution >= 0.6 is 0 Å². The molecule has 0 radical (unpaired) electrons. The van der Waals surface area contributed by atoms with Crippen molar-refractivity contribution in [3.63, 3.8) is 0 Å². The second kappa shape index (κ2) is 10.9. The number of nitrogens with zero attached hydrogens (tertiary/aromatic N) is 2. The van der Waals surface area contributed by atoms with Gasteiger partial charge >= 0.3 is 6.03 Å². The van der Waals surface area contributed by atoms with Gasteiger partial charge in [-0.3, -0.25) is 4.79 Å². The minimum absolute atomic E-state index is 0.0256. The standard InChI is InChI=1S/C21H34N4O2/c1-4-12-22-20(26)18-10-13-25(14-11-18)21(27)23-16-19(24(2)3)15-17-8-6-5-7-9-17/h5-9,18-19H,4,10-16H2,1-3H3,(H,22,26)(H,23,27). The molecule has 1 saturated heterocycles. The van der Waals surface area contributed by atoms with Crippen molar-refractivity contribution in [2.24, 2.45) is 5.92 Å². The van der Waals surface area contributed by atoms with E-state index >= 15 is 0 Å². The Morgan fingerprint density at radius 2 is 1.81 bits per heavy atom. The molecule has 0 bridgehead atoms. The SMILES string of the molecule is CCCNC(=O)C1CCN(C(=O)NCC(Cc2ccccc2)N(C)C)CC1. The summed E-state index contributed by atoms with van der Waals surface area (Å²) >= 11 is 0. The Morgan fingerprint density at radius 1 is 1.15 bits per heavy atom. The molecule has 0 aromatic heterocycles. The lowest BCUT2D eigenvalue weighted by molar-refractivity contribution is -0.126. The van der Waals surface area contributed by atoms with Crippen LogP contribution in [-0.4, -0.2) is 68.1 Å². The number of likely N-dealkylation sites (N-methyl/N-ethyl adjacent to an activating group) is 1. The van der Waals surface area contributed by atoms with Gasteiger partial charge in [-0.1, -0.05) is 37.3 Å². The number of hydrogen-bond donors (Lipinski definition) is 2.